The summed E-state index contributed by atoms with van der Waals surface area (Å²) in [6.45, 7) is 4.26. The SMILES string of the molecule is C.C[SiH2]O[SiH3].C[SiH2]O[SiH3]. The van der Waals surface area contributed by atoms with Gasteiger partial charge in [-0.3, -0.25) is 0 Å². The lowest BCUT2D eigenvalue weighted by Crippen LogP contribution is -1.82. The van der Waals surface area contributed by atoms with E-state index in [9.17, 15) is 0 Å². The molecule has 60 valence electrons. The summed E-state index contributed by atoms with van der Waals surface area (Å²) in [4.78, 5) is 0. The molecule has 0 heterocycles. The highest BCUT2D eigenvalue weighted by atomic mass is 28.3. The number of rotatable bonds is 2. The van der Waals surface area contributed by atoms with E-state index >= 15 is 0 Å². The van der Waals surface area contributed by atoms with E-state index in [0.717, 1.165) is 21.0 Å². The van der Waals surface area contributed by atoms with Gasteiger partial charge in [-0.15, -0.1) is 0 Å². The molecule has 0 rings (SSSR count). The quantitative estimate of drug-likeness (QED) is 0.458. The molecule has 0 amide bonds. The van der Waals surface area contributed by atoms with Crippen LogP contribution in [0.25, 0.3) is 0 Å². The second-order valence-corrected chi connectivity index (χ2v) is 6.93. The van der Waals surface area contributed by atoms with Gasteiger partial charge in [-0.05, 0) is 0 Å². The maximum absolute atomic E-state index is 4.82. The maximum Gasteiger partial charge on any atom is 0.142 e. The van der Waals surface area contributed by atoms with Crippen molar-refractivity contribution in [2.24, 2.45) is 0 Å². The Kier molecular flexibility index (Phi) is 42.4. The molecule has 0 bridgehead atoms. The van der Waals surface area contributed by atoms with Crippen LogP contribution in [0.2, 0.25) is 13.1 Å². The van der Waals surface area contributed by atoms with E-state index < -0.39 is 0 Å². The van der Waals surface area contributed by atoms with E-state index in [1.165, 1.54) is 0 Å². The third kappa shape index (κ3) is 52.1. The molecule has 0 unspecified atom stereocenters. The Balaban J connectivity index is -0.0000000720. The molecular weight excluding hydrogens is 180 g/mol. The van der Waals surface area contributed by atoms with Gasteiger partial charge in [-0.2, -0.15) is 0 Å². The third-order valence-electron chi connectivity index (χ3n) is 0.577. The molecule has 0 spiro atoms. The van der Waals surface area contributed by atoms with Crippen LogP contribution in [0.1, 0.15) is 7.43 Å². The van der Waals surface area contributed by atoms with Crippen molar-refractivity contribution in [3.8, 4) is 0 Å². The second-order valence-electron chi connectivity index (χ2n) is 1.15. The molecule has 2 nitrogen and oxygen atoms in total. The van der Waals surface area contributed by atoms with Gasteiger partial charge in [0.25, 0.3) is 0 Å². The fourth-order valence-corrected chi connectivity index (χ4v) is 0. The average Bonchev–Trinajstić information content (AvgIpc) is 1.88. The van der Waals surface area contributed by atoms with Crippen molar-refractivity contribution in [3.05, 3.63) is 0 Å². The first-order valence-corrected chi connectivity index (χ1v) is 8.42. The van der Waals surface area contributed by atoms with E-state index in [0.29, 0.717) is 0 Å². The standard InChI is InChI=1S/2CH8OSi2.CH4/c2*1-4-2-3;/h2*4H2,1,3H3;1H4. The van der Waals surface area contributed by atoms with Crippen LogP contribution in [0.15, 0.2) is 0 Å². The molecule has 0 fully saturated rings. The minimum Gasteiger partial charge on any atom is -0.468 e. The maximum atomic E-state index is 4.82. The zero-order valence-electron chi connectivity index (χ0n) is 6.23. The minimum atomic E-state index is -0.0139. The molecule has 0 radical (unpaired) electrons. The van der Waals surface area contributed by atoms with Crippen molar-refractivity contribution in [2.45, 2.75) is 20.5 Å². The molecule has 0 aliphatic rings. The van der Waals surface area contributed by atoms with Crippen LogP contribution in [0.4, 0.5) is 0 Å². The summed E-state index contributed by atoms with van der Waals surface area (Å²) in [5, 5.41) is 0. The van der Waals surface area contributed by atoms with Crippen molar-refractivity contribution in [1.29, 1.82) is 0 Å². The van der Waals surface area contributed by atoms with Gasteiger partial charge in [0.05, 0.1) is 0 Å². The first-order chi connectivity index (χ1) is 3.83. The summed E-state index contributed by atoms with van der Waals surface area (Å²) in [6.07, 6.45) is 0. The van der Waals surface area contributed by atoms with Gasteiger partial charge in [0, 0.05) is 0 Å². The highest BCUT2D eigenvalue weighted by Crippen LogP contribution is 1.46. The summed E-state index contributed by atoms with van der Waals surface area (Å²) in [5.41, 5.74) is 0. The van der Waals surface area contributed by atoms with Crippen molar-refractivity contribution >= 4 is 40.5 Å². The Labute approximate surface area is 69.7 Å². The van der Waals surface area contributed by atoms with Crippen molar-refractivity contribution in [2.75, 3.05) is 0 Å². The van der Waals surface area contributed by atoms with Crippen molar-refractivity contribution in [3.63, 3.8) is 0 Å². The summed E-state index contributed by atoms with van der Waals surface area (Å²) >= 11 is 0. The van der Waals surface area contributed by atoms with Gasteiger partial charge in [0.15, 0.2) is 0 Å². The van der Waals surface area contributed by atoms with Crippen LogP contribution >= 0.6 is 0 Å². The van der Waals surface area contributed by atoms with E-state index in [-0.39, 0.29) is 27.0 Å². The molecule has 0 aliphatic carbocycles. The van der Waals surface area contributed by atoms with Crippen LogP contribution in [-0.4, -0.2) is 40.5 Å². The molecule has 0 N–H and O–H groups in total. The first kappa shape index (κ1) is 16.4. The predicted molar refractivity (Wildman–Crippen MR) is 57.6 cm³/mol. The Hall–Kier alpha value is 0.788. The van der Waals surface area contributed by atoms with Crippen LogP contribution in [0.3, 0.4) is 0 Å². The van der Waals surface area contributed by atoms with Crippen LogP contribution < -0.4 is 0 Å². The zero-order valence-corrected chi connectivity index (χ0v) is 13.1. The normalized spacial score (nSPS) is 10.0. The monoisotopic (exact) mass is 200 g/mol. The molecule has 0 saturated carbocycles. The molecule has 0 aliphatic heterocycles. The topological polar surface area (TPSA) is 18.5 Å². The Morgan fingerprint density at radius 3 is 1.11 bits per heavy atom. The molecule has 0 atom stereocenters. The van der Waals surface area contributed by atoms with Gasteiger partial charge in [0.1, 0.15) is 40.5 Å². The predicted octanol–water partition coefficient (Wildman–Crippen LogP) is -2.53. The lowest BCUT2D eigenvalue weighted by atomic mass is 11.9. The summed E-state index contributed by atoms with van der Waals surface area (Å²) < 4.78 is 9.64. The Morgan fingerprint density at radius 1 is 1.00 bits per heavy atom. The summed E-state index contributed by atoms with van der Waals surface area (Å²) in [6, 6.07) is 0. The third-order valence-corrected chi connectivity index (χ3v) is 5.20. The van der Waals surface area contributed by atoms with Crippen molar-refractivity contribution in [1.82, 2.24) is 0 Å². The molecule has 6 heteroatoms. The number of hydrogen-bond donors (Lipinski definition) is 0. The van der Waals surface area contributed by atoms with Gasteiger partial charge in [0.2, 0.25) is 0 Å². The van der Waals surface area contributed by atoms with Gasteiger partial charge in [-0.1, -0.05) is 20.5 Å². The average molecular weight is 201 g/mol. The number of hydrogen-bond acceptors (Lipinski definition) is 2. The second kappa shape index (κ2) is 23.3. The van der Waals surface area contributed by atoms with E-state index in [2.05, 4.69) is 13.1 Å². The van der Waals surface area contributed by atoms with E-state index in [4.69, 9.17) is 8.23 Å². The molecule has 0 aromatic heterocycles. The highest BCUT2D eigenvalue weighted by Gasteiger charge is 1.54. The fourth-order valence-electron chi connectivity index (χ4n) is 0. The van der Waals surface area contributed by atoms with Gasteiger partial charge >= 0.3 is 0 Å². The fraction of sp³-hybridized carbons (Fsp3) is 1.00. The van der Waals surface area contributed by atoms with Crippen LogP contribution in [0, 0.1) is 0 Å². The molecule has 0 saturated heterocycles. The van der Waals surface area contributed by atoms with E-state index in [1.807, 2.05) is 0 Å². The molecule has 9 heavy (non-hydrogen) atoms. The van der Waals surface area contributed by atoms with Crippen LogP contribution in [-0.2, 0) is 8.23 Å². The highest BCUT2D eigenvalue weighted by molar-refractivity contribution is 6.32. The minimum absolute atomic E-state index is 0. The largest absolute Gasteiger partial charge is 0.468 e. The summed E-state index contributed by atoms with van der Waals surface area (Å²) in [5.74, 6) is 0. The molecule has 0 aromatic rings. The van der Waals surface area contributed by atoms with Gasteiger partial charge in [-0.25, -0.2) is 0 Å². The Morgan fingerprint density at radius 2 is 1.11 bits per heavy atom. The summed E-state index contributed by atoms with van der Waals surface area (Å²) in [7, 11) is 1.88. The molecule has 0 aromatic carbocycles. The Bertz CT molecular complexity index is 21.8. The lowest BCUT2D eigenvalue weighted by Gasteiger charge is -1.76. The van der Waals surface area contributed by atoms with E-state index in [1.54, 1.807) is 0 Å². The molecular formula is C3H20O2Si4. The van der Waals surface area contributed by atoms with Gasteiger partial charge < -0.3 is 8.23 Å². The lowest BCUT2D eigenvalue weighted by molar-refractivity contribution is 0.670. The zero-order chi connectivity index (χ0) is 6.83. The van der Waals surface area contributed by atoms with Crippen LogP contribution in [0.5, 0.6) is 0 Å². The van der Waals surface area contributed by atoms with Crippen molar-refractivity contribution < 1.29 is 8.23 Å². The first-order valence-electron chi connectivity index (χ1n) is 2.81. The smallest absolute Gasteiger partial charge is 0.142 e.